The van der Waals surface area contributed by atoms with E-state index in [4.69, 9.17) is 0 Å². The summed E-state index contributed by atoms with van der Waals surface area (Å²) in [5, 5.41) is 3.30. The molecule has 0 bridgehead atoms. The van der Waals surface area contributed by atoms with Crippen molar-refractivity contribution in [2.45, 2.75) is 18.6 Å². The third-order valence-corrected chi connectivity index (χ3v) is 2.29. The van der Waals surface area contributed by atoms with Crippen LogP contribution in [0.5, 0.6) is 0 Å². The second kappa shape index (κ2) is 3.96. The summed E-state index contributed by atoms with van der Waals surface area (Å²) in [5.74, 6) is -4.84. The van der Waals surface area contributed by atoms with Crippen molar-refractivity contribution in [3.63, 3.8) is 0 Å². The Kier molecular flexibility index (Phi) is 3.39. The van der Waals surface area contributed by atoms with E-state index in [0.717, 1.165) is 0 Å². The van der Waals surface area contributed by atoms with Gasteiger partial charge in [0.1, 0.15) is 6.54 Å². The molecule has 0 spiro atoms. The molecule has 0 radical (unpaired) electrons. The maximum absolute atomic E-state index is 12.6. The Morgan fingerprint density at radius 3 is 2.00 bits per heavy atom. The minimum absolute atomic E-state index is 0.0765. The van der Waals surface area contributed by atoms with E-state index >= 15 is 0 Å². The summed E-state index contributed by atoms with van der Waals surface area (Å²) in [4.78, 5) is 3.46. The topological polar surface area (TPSA) is 30.7 Å². The second-order valence-electron chi connectivity index (χ2n) is 2.51. The largest absolute Gasteiger partial charge is 0.455 e. The van der Waals surface area contributed by atoms with Gasteiger partial charge < -0.3 is 0 Å². The van der Waals surface area contributed by atoms with Crippen molar-refractivity contribution in [2.75, 3.05) is 0 Å². The fraction of sp³-hybridized carbons (Fsp3) is 0.600. The lowest BCUT2D eigenvalue weighted by molar-refractivity contribution is -0.287. The van der Waals surface area contributed by atoms with Crippen LogP contribution in [-0.4, -0.2) is 26.9 Å². The highest BCUT2D eigenvalue weighted by molar-refractivity contribution is 9.11. The van der Waals surface area contributed by atoms with Crippen LogP contribution in [0.1, 0.15) is 0 Å². The average Bonchev–Trinajstić information content (AvgIpc) is 2.26. The molecule has 15 heavy (non-hydrogen) atoms. The predicted octanol–water partition coefficient (Wildman–Crippen LogP) is 3.00. The first-order valence-corrected chi connectivity index (χ1v) is 4.92. The molecule has 0 aliphatic rings. The molecule has 3 nitrogen and oxygen atoms in total. The Morgan fingerprint density at radius 2 is 1.67 bits per heavy atom. The normalized spacial score (nSPS) is 13.3. The molecule has 0 saturated heterocycles. The van der Waals surface area contributed by atoms with Crippen LogP contribution >= 0.6 is 31.9 Å². The highest BCUT2D eigenvalue weighted by Gasteiger charge is 2.58. The molecule has 1 rings (SSSR count). The molecule has 0 N–H and O–H groups in total. The van der Waals surface area contributed by atoms with Crippen molar-refractivity contribution in [3.05, 3.63) is 9.47 Å². The van der Waals surface area contributed by atoms with Crippen molar-refractivity contribution in [2.24, 2.45) is 0 Å². The molecule has 0 saturated carbocycles. The lowest BCUT2D eigenvalue weighted by Gasteiger charge is -2.19. The second-order valence-corrected chi connectivity index (χ2v) is 3.93. The van der Waals surface area contributed by atoms with Crippen LogP contribution in [0.4, 0.5) is 22.0 Å². The molecular weight excluding hydrogens is 357 g/mol. The maximum Gasteiger partial charge on any atom is 0.455 e. The van der Waals surface area contributed by atoms with E-state index in [2.05, 4.69) is 41.9 Å². The molecule has 0 aliphatic carbocycles. The summed E-state index contributed by atoms with van der Waals surface area (Å²) in [7, 11) is 0. The maximum atomic E-state index is 12.6. The molecule has 0 atom stereocenters. The van der Waals surface area contributed by atoms with Crippen molar-refractivity contribution in [1.29, 1.82) is 0 Å². The summed E-state index contributed by atoms with van der Waals surface area (Å²) in [6.07, 6.45) is -5.61. The number of hydrogen-bond acceptors (Lipinski definition) is 2. The Labute approximate surface area is 96.9 Å². The SMILES string of the molecule is FC(F)(F)C(F)(F)Cn1nc(Br)nc1Br. The molecule has 10 heteroatoms. The van der Waals surface area contributed by atoms with Crippen molar-refractivity contribution in [1.82, 2.24) is 14.8 Å². The van der Waals surface area contributed by atoms with Gasteiger partial charge in [0.15, 0.2) is 4.73 Å². The first-order valence-electron chi connectivity index (χ1n) is 3.34. The molecule has 1 heterocycles. The minimum atomic E-state index is -5.61. The van der Waals surface area contributed by atoms with Crippen molar-refractivity contribution < 1.29 is 22.0 Å². The molecule has 86 valence electrons. The summed E-state index contributed by atoms with van der Waals surface area (Å²) in [5.41, 5.74) is 0. The van der Waals surface area contributed by atoms with Crippen molar-refractivity contribution >= 4 is 31.9 Å². The van der Waals surface area contributed by atoms with Gasteiger partial charge in [-0.1, -0.05) is 0 Å². The fourth-order valence-corrected chi connectivity index (χ4v) is 1.65. The van der Waals surface area contributed by atoms with Gasteiger partial charge in [0, 0.05) is 0 Å². The number of halogens is 7. The smallest absolute Gasteiger partial charge is 0.233 e. The number of aromatic nitrogens is 3. The Bertz CT molecular complexity index is 360. The predicted molar refractivity (Wildman–Crippen MR) is 46.4 cm³/mol. The molecule has 0 fully saturated rings. The molecule has 0 unspecified atom stereocenters. The zero-order valence-corrected chi connectivity index (χ0v) is 9.87. The quantitative estimate of drug-likeness (QED) is 0.761. The third-order valence-electron chi connectivity index (χ3n) is 1.36. The third kappa shape index (κ3) is 2.86. The zero-order valence-electron chi connectivity index (χ0n) is 6.69. The van der Waals surface area contributed by atoms with Crippen LogP contribution in [0, 0.1) is 0 Å². The summed E-state index contributed by atoms with van der Waals surface area (Å²) in [6.45, 7) is -1.62. The van der Waals surface area contributed by atoms with E-state index in [0.29, 0.717) is 4.68 Å². The Balaban J connectivity index is 2.91. The molecular formula is C5H2Br2F5N3. The van der Waals surface area contributed by atoms with Gasteiger partial charge in [-0.2, -0.15) is 26.9 Å². The van der Waals surface area contributed by atoms with Gasteiger partial charge in [-0.05, 0) is 31.9 Å². The Hall–Kier alpha value is -0.250. The highest BCUT2D eigenvalue weighted by Crippen LogP contribution is 2.37. The zero-order chi connectivity index (χ0) is 11.9. The van der Waals surface area contributed by atoms with Gasteiger partial charge >= 0.3 is 12.1 Å². The first kappa shape index (κ1) is 12.8. The van der Waals surface area contributed by atoms with Crippen LogP contribution in [0.15, 0.2) is 9.47 Å². The van der Waals surface area contributed by atoms with Gasteiger partial charge in [0.05, 0.1) is 0 Å². The van der Waals surface area contributed by atoms with Gasteiger partial charge in [-0.15, -0.1) is 5.10 Å². The molecule has 1 aromatic rings. The van der Waals surface area contributed by atoms with Crippen LogP contribution in [-0.2, 0) is 6.54 Å². The van der Waals surface area contributed by atoms with Gasteiger partial charge in [-0.25, -0.2) is 4.68 Å². The average molecular weight is 359 g/mol. The lowest BCUT2D eigenvalue weighted by Crippen LogP contribution is -2.40. The summed E-state index contributed by atoms with van der Waals surface area (Å²) in [6, 6.07) is 0. The van der Waals surface area contributed by atoms with Crippen LogP contribution in [0.25, 0.3) is 0 Å². The monoisotopic (exact) mass is 357 g/mol. The molecule has 0 amide bonds. The van der Waals surface area contributed by atoms with E-state index < -0.39 is 18.6 Å². The van der Waals surface area contributed by atoms with Gasteiger partial charge in [0.2, 0.25) is 4.73 Å². The van der Waals surface area contributed by atoms with E-state index in [-0.39, 0.29) is 9.47 Å². The van der Waals surface area contributed by atoms with E-state index in [9.17, 15) is 22.0 Å². The molecule has 0 aromatic carbocycles. The van der Waals surface area contributed by atoms with Crippen LogP contribution in [0.3, 0.4) is 0 Å². The fourth-order valence-electron chi connectivity index (χ4n) is 0.675. The highest BCUT2D eigenvalue weighted by atomic mass is 79.9. The van der Waals surface area contributed by atoms with Crippen molar-refractivity contribution in [3.8, 4) is 0 Å². The van der Waals surface area contributed by atoms with Crippen LogP contribution < -0.4 is 0 Å². The van der Waals surface area contributed by atoms with E-state index in [1.54, 1.807) is 0 Å². The van der Waals surface area contributed by atoms with Crippen LogP contribution in [0.2, 0.25) is 0 Å². The Morgan fingerprint density at radius 1 is 1.13 bits per heavy atom. The number of rotatable bonds is 2. The minimum Gasteiger partial charge on any atom is -0.233 e. The first-order chi connectivity index (χ1) is 6.63. The number of hydrogen-bond donors (Lipinski definition) is 0. The summed E-state index contributed by atoms with van der Waals surface area (Å²) >= 11 is 5.44. The lowest BCUT2D eigenvalue weighted by atomic mass is 10.3. The van der Waals surface area contributed by atoms with Gasteiger partial charge in [0.25, 0.3) is 0 Å². The molecule has 0 aliphatic heterocycles. The standard InChI is InChI=1S/C5H2Br2F5N3/c6-2-13-3(7)15(14-2)1-4(8,9)5(10,11)12/h1H2. The number of alkyl halides is 5. The number of nitrogens with zero attached hydrogens (tertiary/aromatic N) is 3. The molecule has 1 aromatic heterocycles. The van der Waals surface area contributed by atoms with E-state index in [1.807, 2.05) is 0 Å². The van der Waals surface area contributed by atoms with Gasteiger partial charge in [-0.3, -0.25) is 0 Å². The summed E-state index contributed by atoms with van der Waals surface area (Å²) < 4.78 is 60.7. The van der Waals surface area contributed by atoms with E-state index in [1.165, 1.54) is 0 Å².